The Morgan fingerprint density at radius 2 is 1.81 bits per heavy atom. The molecule has 136 valence electrons. The summed E-state index contributed by atoms with van der Waals surface area (Å²) in [5.74, 6) is 1.32. The molecule has 1 fully saturated rings. The first-order valence-electron chi connectivity index (χ1n) is 9.02. The third kappa shape index (κ3) is 3.07. The summed E-state index contributed by atoms with van der Waals surface area (Å²) in [6, 6.07) is 7.22. The molecule has 26 heavy (non-hydrogen) atoms. The van der Waals surface area contributed by atoms with E-state index in [1.54, 1.807) is 17.9 Å². The van der Waals surface area contributed by atoms with Crippen LogP contribution in [0.3, 0.4) is 0 Å². The van der Waals surface area contributed by atoms with E-state index in [9.17, 15) is 9.59 Å². The van der Waals surface area contributed by atoms with E-state index in [0.717, 1.165) is 37.2 Å². The number of likely N-dealkylation sites (tertiary alicyclic amines) is 1. The average molecular weight is 354 g/mol. The first-order chi connectivity index (χ1) is 12.6. The van der Waals surface area contributed by atoms with Crippen molar-refractivity contribution in [1.29, 1.82) is 0 Å². The minimum absolute atomic E-state index is 0.0538. The van der Waals surface area contributed by atoms with Crippen LogP contribution in [0.15, 0.2) is 34.9 Å². The molecule has 0 bridgehead atoms. The number of hydrogen-bond acceptors (Lipinski definition) is 4. The van der Waals surface area contributed by atoms with Gasteiger partial charge in [0.25, 0.3) is 11.8 Å². The average Bonchev–Trinajstić information content (AvgIpc) is 3.27. The lowest BCUT2D eigenvalue weighted by Gasteiger charge is -2.20. The molecule has 2 aromatic rings. The molecule has 0 unspecified atom stereocenters. The highest BCUT2D eigenvalue weighted by Crippen LogP contribution is 2.27. The highest BCUT2D eigenvalue weighted by atomic mass is 16.5. The molecule has 2 aliphatic rings. The second-order valence-electron chi connectivity index (χ2n) is 6.79. The Morgan fingerprint density at radius 3 is 2.54 bits per heavy atom. The predicted molar refractivity (Wildman–Crippen MR) is 95.3 cm³/mol. The van der Waals surface area contributed by atoms with Crippen molar-refractivity contribution in [3.05, 3.63) is 53.0 Å². The third-order valence-corrected chi connectivity index (χ3v) is 5.06. The molecule has 6 heteroatoms. The predicted octanol–water partition coefficient (Wildman–Crippen LogP) is 2.86. The molecule has 2 amide bonds. The Kier molecular flexibility index (Phi) is 4.41. The fraction of sp³-hybridized carbons (Fsp3) is 0.400. The van der Waals surface area contributed by atoms with Crippen LogP contribution in [0.2, 0.25) is 0 Å². The molecule has 1 aromatic carbocycles. The largest absolute Gasteiger partial charge is 0.491 e. The molecule has 0 radical (unpaired) electrons. The number of fused-ring (bicyclic) bond motifs is 1. The number of ether oxygens (including phenoxy) is 1. The van der Waals surface area contributed by atoms with Gasteiger partial charge in [-0.15, -0.1) is 0 Å². The zero-order valence-electron chi connectivity index (χ0n) is 14.9. The fourth-order valence-electron chi connectivity index (χ4n) is 3.58. The van der Waals surface area contributed by atoms with Gasteiger partial charge in [-0.2, -0.15) is 0 Å². The molecular formula is C20H22N2O4. The quantitative estimate of drug-likeness (QED) is 0.832. The fourth-order valence-corrected chi connectivity index (χ4v) is 3.58. The Hall–Kier alpha value is -2.76. The molecule has 2 aliphatic heterocycles. The van der Waals surface area contributed by atoms with Gasteiger partial charge in [0.2, 0.25) is 0 Å². The van der Waals surface area contributed by atoms with Crippen LogP contribution in [-0.2, 0) is 6.54 Å². The summed E-state index contributed by atoms with van der Waals surface area (Å²) in [6.45, 7) is 4.75. The minimum atomic E-state index is -0.0797. The summed E-state index contributed by atoms with van der Waals surface area (Å²) >= 11 is 0. The molecule has 0 saturated carbocycles. The minimum Gasteiger partial charge on any atom is -0.491 e. The number of hydrogen-bond donors (Lipinski definition) is 0. The number of carbonyl (C=O) groups excluding carboxylic acids is 2. The smallest absolute Gasteiger partial charge is 0.257 e. The van der Waals surface area contributed by atoms with E-state index in [1.807, 2.05) is 23.1 Å². The molecule has 3 heterocycles. The van der Waals surface area contributed by atoms with E-state index in [2.05, 4.69) is 0 Å². The van der Waals surface area contributed by atoms with Crippen molar-refractivity contribution < 1.29 is 18.7 Å². The number of carbonyl (C=O) groups is 2. The lowest BCUT2D eigenvalue weighted by molar-refractivity contribution is 0.0731. The van der Waals surface area contributed by atoms with Crippen LogP contribution in [0.25, 0.3) is 0 Å². The van der Waals surface area contributed by atoms with Crippen LogP contribution >= 0.6 is 0 Å². The summed E-state index contributed by atoms with van der Waals surface area (Å²) in [5, 5.41) is 0. The lowest BCUT2D eigenvalue weighted by Crippen LogP contribution is -2.32. The first-order valence-corrected chi connectivity index (χ1v) is 9.02. The van der Waals surface area contributed by atoms with Crippen molar-refractivity contribution in [1.82, 2.24) is 9.80 Å². The summed E-state index contributed by atoms with van der Waals surface area (Å²) in [4.78, 5) is 29.1. The van der Waals surface area contributed by atoms with Crippen LogP contribution in [0.5, 0.6) is 5.75 Å². The van der Waals surface area contributed by atoms with E-state index >= 15 is 0 Å². The van der Waals surface area contributed by atoms with Gasteiger partial charge in [-0.25, -0.2) is 0 Å². The van der Waals surface area contributed by atoms with Gasteiger partial charge >= 0.3 is 0 Å². The Labute approximate surface area is 152 Å². The van der Waals surface area contributed by atoms with Gasteiger partial charge in [0.05, 0.1) is 18.4 Å². The number of benzene rings is 1. The van der Waals surface area contributed by atoms with Crippen LogP contribution in [0.1, 0.15) is 44.9 Å². The SMILES string of the molecule is Cc1occc1C(=O)N1CCOc2ccc(C(=O)N3CCCC3)cc2C1. The Morgan fingerprint density at radius 1 is 1.00 bits per heavy atom. The monoisotopic (exact) mass is 354 g/mol. The highest BCUT2D eigenvalue weighted by molar-refractivity contribution is 5.96. The van der Waals surface area contributed by atoms with Crippen molar-refractivity contribution in [3.63, 3.8) is 0 Å². The molecule has 0 spiro atoms. The van der Waals surface area contributed by atoms with E-state index < -0.39 is 0 Å². The summed E-state index contributed by atoms with van der Waals surface area (Å²) in [5.41, 5.74) is 2.09. The van der Waals surface area contributed by atoms with E-state index in [0.29, 0.717) is 36.6 Å². The maximum absolute atomic E-state index is 12.8. The first kappa shape index (κ1) is 16.7. The van der Waals surface area contributed by atoms with E-state index in [4.69, 9.17) is 9.15 Å². The van der Waals surface area contributed by atoms with Crippen molar-refractivity contribution >= 4 is 11.8 Å². The van der Waals surface area contributed by atoms with Crippen LogP contribution in [-0.4, -0.2) is 47.9 Å². The van der Waals surface area contributed by atoms with Crippen LogP contribution in [0, 0.1) is 6.92 Å². The van der Waals surface area contributed by atoms with Crippen molar-refractivity contribution in [2.24, 2.45) is 0 Å². The zero-order chi connectivity index (χ0) is 18.1. The van der Waals surface area contributed by atoms with Crippen LogP contribution < -0.4 is 4.74 Å². The number of nitrogens with zero attached hydrogens (tertiary/aromatic N) is 2. The van der Waals surface area contributed by atoms with Crippen molar-refractivity contribution in [3.8, 4) is 5.75 Å². The van der Waals surface area contributed by atoms with E-state index in [-0.39, 0.29) is 11.8 Å². The normalized spacial score (nSPS) is 16.8. The van der Waals surface area contributed by atoms with Gasteiger partial charge in [0.1, 0.15) is 18.1 Å². The molecule has 0 aliphatic carbocycles. The van der Waals surface area contributed by atoms with Gasteiger partial charge in [-0.05, 0) is 44.0 Å². The maximum Gasteiger partial charge on any atom is 0.257 e. The Balaban J connectivity index is 1.58. The number of furan rings is 1. The lowest BCUT2D eigenvalue weighted by atomic mass is 10.1. The van der Waals surface area contributed by atoms with Gasteiger partial charge in [0, 0.05) is 30.8 Å². The van der Waals surface area contributed by atoms with Crippen molar-refractivity contribution in [2.45, 2.75) is 26.3 Å². The molecule has 6 nitrogen and oxygen atoms in total. The third-order valence-electron chi connectivity index (χ3n) is 5.06. The van der Waals surface area contributed by atoms with E-state index in [1.165, 1.54) is 6.26 Å². The second kappa shape index (κ2) is 6.86. The maximum atomic E-state index is 12.8. The molecular weight excluding hydrogens is 332 g/mol. The molecule has 1 aromatic heterocycles. The summed E-state index contributed by atoms with van der Waals surface area (Å²) in [7, 11) is 0. The molecule has 4 rings (SSSR count). The topological polar surface area (TPSA) is 63.0 Å². The van der Waals surface area contributed by atoms with Crippen LogP contribution in [0.4, 0.5) is 0 Å². The van der Waals surface area contributed by atoms with Gasteiger partial charge in [-0.1, -0.05) is 0 Å². The number of aryl methyl sites for hydroxylation is 1. The summed E-state index contributed by atoms with van der Waals surface area (Å²) in [6.07, 6.45) is 3.65. The van der Waals surface area contributed by atoms with Gasteiger partial charge in [0.15, 0.2) is 0 Å². The molecule has 0 atom stereocenters. The number of amides is 2. The zero-order valence-corrected chi connectivity index (χ0v) is 14.9. The second-order valence-corrected chi connectivity index (χ2v) is 6.79. The van der Waals surface area contributed by atoms with Gasteiger partial charge in [-0.3, -0.25) is 9.59 Å². The van der Waals surface area contributed by atoms with Crippen molar-refractivity contribution in [2.75, 3.05) is 26.2 Å². The van der Waals surface area contributed by atoms with Gasteiger partial charge < -0.3 is 19.0 Å². The molecule has 1 saturated heterocycles. The molecule has 0 N–H and O–H groups in total. The number of rotatable bonds is 2. The highest BCUT2D eigenvalue weighted by Gasteiger charge is 2.25. The summed E-state index contributed by atoms with van der Waals surface area (Å²) < 4.78 is 11.1. The standard InChI is InChI=1S/C20H22N2O4/c1-14-17(6-10-25-14)20(24)22-9-11-26-18-5-4-15(12-16(18)13-22)19(23)21-7-2-3-8-21/h4-6,10,12H,2-3,7-9,11,13H2,1H3. The Bertz CT molecular complexity index is 836.